The molecular weight excluding hydrogens is 313 g/mol. The van der Waals surface area contributed by atoms with Gasteiger partial charge in [-0.3, -0.25) is 9.48 Å². The van der Waals surface area contributed by atoms with Gasteiger partial charge in [0.25, 0.3) is 5.56 Å². The lowest BCUT2D eigenvalue weighted by atomic mass is 10.2. The minimum Gasteiger partial charge on any atom is -0.305 e. The average Bonchev–Trinajstić information content (AvgIpc) is 2.84. The van der Waals surface area contributed by atoms with Crippen molar-refractivity contribution < 1.29 is 0 Å². The monoisotopic (exact) mass is 321 g/mol. The minimum atomic E-state index is -0.299. The third-order valence-electron chi connectivity index (χ3n) is 2.77. The van der Waals surface area contributed by atoms with Gasteiger partial charge in [-0.2, -0.15) is 5.10 Å². The molecule has 0 radical (unpaired) electrons. The van der Waals surface area contributed by atoms with E-state index in [1.165, 1.54) is 12.3 Å². The number of nitrogens with one attached hydrogen (secondary N) is 1. The SMILES string of the molecule is Cn1cc(-c2cc(=O)[nH]c(-c3ncc(Cl)cc3Cl)n2)cn1. The lowest BCUT2D eigenvalue weighted by Crippen LogP contribution is -2.09. The second-order valence-electron chi connectivity index (χ2n) is 4.37. The number of H-pyrrole nitrogens is 1. The van der Waals surface area contributed by atoms with Gasteiger partial charge in [0, 0.05) is 31.1 Å². The Bertz CT molecular complexity index is 871. The van der Waals surface area contributed by atoms with Crippen molar-refractivity contribution in [1.82, 2.24) is 24.7 Å². The fourth-order valence-electron chi connectivity index (χ4n) is 1.86. The van der Waals surface area contributed by atoms with Gasteiger partial charge in [0.2, 0.25) is 0 Å². The van der Waals surface area contributed by atoms with Crippen molar-refractivity contribution in [1.29, 1.82) is 0 Å². The summed E-state index contributed by atoms with van der Waals surface area (Å²) in [5, 5.41) is 4.78. The van der Waals surface area contributed by atoms with Crippen molar-refractivity contribution in [2.24, 2.45) is 7.05 Å². The van der Waals surface area contributed by atoms with Gasteiger partial charge in [0.05, 0.1) is 21.9 Å². The van der Waals surface area contributed by atoms with Crippen LogP contribution in [0.3, 0.4) is 0 Å². The van der Waals surface area contributed by atoms with Gasteiger partial charge in [-0.1, -0.05) is 23.2 Å². The number of aryl methyl sites for hydroxylation is 1. The highest BCUT2D eigenvalue weighted by Gasteiger charge is 2.12. The standard InChI is InChI=1S/C13H9Cl2N5O/c1-20-6-7(4-17-20)10-3-11(21)19-13(18-10)12-9(15)2-8(14)5-16-12/h2-6H,1H3,(H,18,19,21). The Morgan fingerprint density at radius 2 is 2.05 bits per heavy atom. The average molecular weight is 322 g/mol. The van der Waals surface area contributed by atoms with E-state index >= 15 is 0 Å². The molecule has 0 aliphatic heterocycles. The molecule has 106 valence electrons. The van der Waals surface area contributed by atoms with Crippen LogP contribution in [0.5, 0.6) is 0 Å². The molecule has 0 bridgehead atoms. The van der Waals surface area contributed by atoms with Crippen LogP contribution in [-0.2, 0) is 7.05 Å². The number of rotatable bonds is 2. The molecule has 1 N–H and O–H groups in total. The first-order valence-corrected chi connectivity index (χ1v) is 6.70. The molecule has 3 heterocycles. The second kappa shape index (κ2) is 5.31. The summed E-state index contributed by atoms with van der Waals surface area (Å²) in [6, 6.07) is 2.94. The lowest BCUT2D eigenvalue weighted by molar-refractivity contribution is 0.768. The van der Waals surface area contributed by atoms with Crippen LogP contribution in [-0.4, -0.2) is 24.7 Å². The molecule has 8 heteroatoms. The topological polar surface area (TPSA) is 76.5 Å². The maximum atomic E-state index is 11.8. The Morgan fingerprint density at radius 1 is 1.24 bits per heavy atom. The Morgan fingerprint density at radius 3 is 2.71 bits per heavy atom. The van der Waals surface area contributed by atoms with Crippen molar-refractivity contribution in [2.45, 2.75) is 0 Å². The van der Waals surface area contributed by atoms with E-state index in [-0.39, 0.29) is 11.4 Å². The summed E-state index contributed by atoms with van der Waals surface area (Å²) in [5.41, 5.74) is 1.29. The molecule has 3 aromatic heterocycles. The maximum Gasteiger partial charge on any atom is 0.251 e. The van der Waals surface area contributed by atoms with Gasteiger partial charge < -0.3 is 4.98 Å². The summed E-state index contributed by atoms with van der Waals surface area (Å²) in [6.07, 6.45) is 4.84. The van der Waals surface area contributed by atoms with E-state index in [2.05, 4.69) is 20.1 Å². The summed E-state index contributed by atoms with van der Waals surface area (Å²) < 4.78 is 1.63. The summed E-state index contributed by atoms with van der Waals surface area (Å²) >= 11 is 11.9. The van der Waals surface area contributed by atoms with E-state index in [1.807, 2.05) is 0 Å². The van der Waals surface area contributed by atoms with Crippen molar-refractivity contribution >= 4 is 23.2 Å². The Kier molecular flexibility index (Phi) is 3.48. The van der Waals surface area contributed by atoms with Crippen LogP contribution in [0.2, 0.25) is 10.0 Å². The van der Waals surface area contributed by atoms with Crippen molar-refractivity contribution in [3.63, 3.8) is 0 Å². The molecule has 0 unspecified atom stereocenters. The molecule has 21 heavy (non-hydrogen) atoms. The molecule has 0 amide bonds. The first-order chi connectivity index (χ1) is 10.0. The molecule has 0 aliphatic carbocycles. The molecule has 3 rings (SSSR count). The fraction of sp³-hybridized carbons (Fsp3) is 0.0769. The molecule has 0 spiro atoms. The molecule has 0 fully saturated rings. The smallest absolute Gasteiger partial charge is 0.251 e. The van der Waals surface area contributed by atoms with Crippen LogP contribution in [0.25, 0.3) is 22.8 Å². The van der Waals surface area contributed by atoms with E-state index in [0.29, 0.717) is 21.4 Å². The normalized spacial score (nSPS) is 10.8. The van der Waals surface area contributed by atoms with Crippen LogP contribution in [0.1, 0.15) is 0 Å². The number of nitrogens with zero attached hydrogens (tertiary/aromatic N) is 4. The van der Waals surface area contributed by atoms with Gasteiger partial charge in [-0.15, -0.1) is 0 Å². The molecule has 6 nitrogen and oxygen atoms in total. The first kappa shape index (κ1) is 13.8. The lowest BCUT2D eigenvalue weighted by Gasteiger charge is -2.04. The van der Waals surface area contributed by atoms with Crippen molar-refractivity contribution in [2.75, 3.05) is 0 Å². The van der Waals surface area contributed by atoms with Gasteiger partial charge in [0.1, 0.15) is 5.69 Å². The predicted octanol–water partition coefficient (Wildman–Crippen LogP) is 2.54. The van der Waals surface area contributed by atoms with Crippen molar-refractivity contribution in [3.8, 4) is 22.8 Å². The Hall–Kier alpha value is -2.18. The molecule has 0 saturated carbocycles. The van der Waals surface area contributed by atoms with E-state index < -0.39 is 0 Å². The van der Waals surface area contributed by atoms with E-state index in [4.69, 9.17) is 23.2 Å². The predicted molar refractivity (Wildman–Crippen MR) is 80.3 cm³/mol. The van der Waals surface area contributed by atoms with Crippen molar-refractivity contribution in [3.05, 3.63) is 51.1 Å². The summed E-state index contributed by atoms with van der Waals surface area (Å²) in [4.78, 5) is 22.9. The number of pyridine rings is 1. The molecule has 0 aliphatic rings. The number of aromatic amines is 1. The molecule has 0 saturated heterocycles. The summed E-state index contributed by atoms with van der Waals surface area (Å²) in [6.45, 7) is 0. The van der Waals surface area contributed by atoms with Crippen LogP contribution in [0.4, 0.5) is 0 Å². The Balaban J connectivity index is 2.16. The Labute approximate surface area is 129 Å². The molecule has 0 atom stereocenters. The van der Waals surface area contributed by atoms with Gasteiger partial charge >= 0.3 is 0 Å². The number of hydrogen-bond donors (Lipinski definition) is 1. The van der Waals surface area contributed by atoms with E-state index in [0.717, 1.165) is 5.56 Å². The second-order valence-corrected chi connectivity index (χ2v) is 5.21. The zero-order chi connectivity index (χ0) is 15.0. The van der Waals surface area contributed by atoms with Gasteiger partial charge in [-0.05, 0) is 6.07 Å². The number of aromatic nitrogens is 5. The quantitative estimate of drug-likeness (QED) is 0.786. The molecular formula is C13H9Cl2N5O. The molecule has 3 aromatic rings. The van der Waals surface area contributed by atoms with Crippen LogP contribution < -0.4 is 5.56 Å². The third-order valence-corrected chi connectivity index (χ3v) is 3.27. The molecule has 0 aromatic carbocycles. The highest BCUT2D eigenvalue weighted by atomic mass is 35.5. The largest absolute Gasteiger partial charge is 0.305 e. The first-order valence-electron chi connectivity index (χ1n) is 5.95. The number of halogens is 2. The van der Waals surface area contributed by atoms with Crippen LogP contribution in [0, 0.1) is 0 Å². The fourth-order valence-corrected chi connectivity index (χ4v) is 2.33. The van der Waals surface area contributed by atoms with E-state index in [1.54, 1.807) is 30.2 Å². The number of hydrogen-bond acceptors (Lipinski definition) is 4. The highest BCUT2D eigenvalue weighted by molar-refractivity contribution is 6.35. The highest BCUT2D eigenvalue weighted by Crippen LogP contribution is 2.26. The maximum absolute atomic E-state index is 11.8. The van der Waals surface area contributed by atoms with E-state index in [9.17, 15) is 4.79 Å². The minimum absolute atomic E-state index is 0.281. The summed E-state index contributed by atoms with van der Waals surface area (Å²) in [5.74, 6) is 0.281. The third kappa shape index (κ3) is 2.81. The zero-order valence-corrected chi connectivity index (χ0v) is 12.4. The zero-order valence-electron chi connectivity index (χ0n) is 10.8. The van der Waals surface area contributed by atoms with Gasteiger partial charge in [-0.25, -0.2) is 9.97 Å². The van der Waals surface area contributed by atoms with Gasteiger partial charge in [0.15, 0.2) is 5.82 Å². The summed E-state index contributed by atoms with van der Waals surface area (Å²) in [7, 11) is 1.79. The van der Waals surface area contributed by atoms with Crippen LogP contribution in [0.15, 0.2) is 35.5 Å². The van der Waals surface area contributed by atoms with Crippen LogP contribution >= 0.6 is 23.2 Å².